The Labute approximate surface area is 127 Å². The minimum atomic E-state index is 0.357. The molecule has 1 aliphatic rings. The zero-order valence-corrected chi connectivity index (χ0v) is 12.0. The maximum Gasteiger partial charge on any atom is 0.176 e. The molecule has 0 unspecified atom stereocenters. The predicted molar refractivity (Wildman–Crippen MR) is 78.7 cm³/mol. The van der Waals surface area contributed by atoms with Crippen molar-refractivity contribution >= 4 is 0 Å². The molecule has 2 aromatic heterocycles. The highest BCUT2D eigenvalue weighted by Gasteiger charge is 2.23. The van der Waals surface area contributed by atoms with Gasteiger partial charge < -0.3 is 9.30 Å². The van der Waals surface area contributed by atoms with Crippen molar-refractivity contribution in [2.75, 3.05) is 13.2 Å². The third-order valence-electron chi connectivity index (χ3n) is 3.89. The Balaban J connectivity index is 1.63. The van der Waals surface area contributed by atoms with E-state index in [-0.39, 0.29) is 0 Å². The summed E-state index contributed by atoms with van der Waals surface area (Å²) in [7, 11) is 0. The van der Waals surface area contributed by atoms with Gasteiger partial charge in [0.1, 0.15) is 5.82 Å². The van der Waals surface area contributed by atoms with Crippen LogP contribution in [-0.2, 0) is 11.3 Å². The molecular formula is C15H16N6O. The molecule has 7 nitrogen and oxygen atoms in total. The number of ether oxygens (including phenoxy) is 1. The number of nitrogens with zero attached hydrogens (tertiary/aromatic N) is 6. The van der Waals surface area contributed by atoms with E-state index in [0.29, 0.717) is 12.5 Å². The number of aromatic nitrogens is 6. The predicted octanol–water partition coefficient (Wildman–Crippen LogP) is 1.41. The van der Waals surface area contributed by atoms with Gasteiger partial charge in [-0.25, -0.2) is 4.98 Å². The van der Waals surface area contributed by atoms with Gasteiger partial charge in [-0.15, -0.1) is 5.10 Å². The topological polar surface area (TPSA) is 70.7 Å². The molecule has 1 aromatic carbocycles. The first-order chi connectivity index (χ1) is 10.9. The van der Waals surface area contributed by atoms with Crippen molar-refractivity contribution in [3.63, 3.8) is 0 Å². The second-order valence-corrected chi connectivity index (χ2v) is 5.32. The Hall–Kier alpha value is -2.54. The lowest BCUT2D eigenvalue weighted by Gasteiger charge is -2.11. The van der Waals surface area contributed by atoms with E-state index in [1.165, 1.54) is 0 Å². The zero-order valence-electron chi connectivity index (χ0n) is 12.0. The number of rotatable bonds is 4. The third-order valence-corrected chi connectivity index (χ3v) is 3.89. The molecule has 3 aromatic rings. The molecular weight excluding hydrogens is 280 g/mol. The van der Waals surface area contributed by atoms with Gasteiger partial charge in [-0.1, -0.05) is 18.2 Å². The van der Waals surface area contributed by atoms with E-state index >= 15 is 0 Å². The van der Waals surface area contributed by atoms with Gasteiger partial charge in [0.05, 0.1) is 18.8 Å². The van der Waals surface area contributed by atoms with Crippen molar-refractivity contribution in [1.29, 1.82) is 0 Å². The highest BCUT2D eigenvalue weighted by Crippen LogP contribution is 2.24. The normalized spacial score (nSPS) is 17.9. The van der Waals surface area contributed by atoms with Crippen LogP contribution in [0, 0.1) is 0 Å². The summed E-state index contributed by atoms with van der Waals surface area (Å²) in [5, 5.41) is 12.1. The van der Waals surface area contributed by atoms with E-state index in [4.69, 9.17) is 4.74 Å². The van der Waals surface area contributed by atoms with Crippen LogP contribution in [0.25, 0.3) is 5.69 Å². The Morgan fingerprint density at radius 1 is 1.23 bits per heavy atom. The van der Waals surface area contributed by atoms with E-state index in [1.54, 1.807) is 4.68 Å². The van der Waals surface area contributed by atoms with Gasteiger partial charge in [0.2, 0.25) is 0 Å². The summed E-state index contributed by atoms with van der Waals surface area (Å²) in [5.41, 5.74) is 0.952. The quantitative estimate of drug-likeness (QED) is 0.728. The molecule has 112 valence electrons. The van der Waals surface area contributed by atoms with Crippen LogP contribution in [0.15, 0.2) is 42.7 Å². The van der Waals surface area contributed by atoms with E-state index in [0.717, 1.165) is 37.0 Å². The van der Waals surface area contributed by atoms with Gasteiger partial charge in [-0.2, -0.15) is 4.68 Å². The van der Waals surface area contributed by atoms with Crippen molar-refractivity contribution in [3.8, 4) is 5.69 Å². The number of benzene rings is 1. The molecule has 0 bridgehead atoms. The van der Waals surface area contributed by atoms with Crippen LogP contribution in [0.3, 0.4) is 0 Å². The van der Waals surface area contributed by atoms with Gasteiger partial charge >= 0.3 is 0 Å². The highest BCUT2D eigenvalue weighted by atomic mass is 16.5. The fourth-order valence-electron chi connectivity index (χ4n) is 2.78. The fraction of sp³-hybridized carbons (Fsp3) is 0.333. The average Bonchev–Trinajstić information content (AvgIpc) is 3.30. The Bertz CT molecular complexity index is 744. The maximum atomic E-state index is 5.47. The third kappa shape index (κ3) is 2.39. The van der Waals surface area contributed by atoms with E-state index in [9.17, 15) is 0 Å². The van der Waals surface area contributed by atoms with Crippen molar-refractivity contribution in [1.82, 2.24) is 29.8 Å². The van der Waals surface area contributed by atoms with E-state index in [2.05, 4.69) is 25.1 Å². The molecule has 0 spiro atoms. The van der Waals surface area contributed by atoms with Gasteiger partial charge in [0, 0.05) is 24.9 Å². The molecule has 1 atom stereocenters. The molecule has 1 aliphatic heterocycles. The van der Waals surface area contributed by atoms with E-state index < -0.39 is 0 Å². The monoisotopic (exact) mass is 296 g/mol. The van der Waals surface area contributed by atoms with Gasteiger partial charge in [0.25, 0.3) is 0 Å². The molecule has 4 rings (SSSR count). The minimum Gasteiger partial charge on any atom is -0.381 e. The average molecular weight is 296 g/mol. The first-order valence-electron chi connectivity index (χ1n) is 7.33. The highest BCUT2D eigenvalue weighted by molar-refractivity contribution is 5.30. The molecule has 1 saturated heterocycles. The Kier molecular flexibility index (Phi) is 3.40. The van der Waals surface area contributed by atoms with Gasteiger partial charge in [0.15, 0.2) is 5.82 Å². The lowest BCUT2D eigenvalue weighted by molar-refractivity contribution is 0.192. The van der Waals surface area contributed by atoms with Crippen molar-refractivity contribution in [2.45, 2.75) is 18.9 Å². The van der Waals surface area contributed by atoms with Crippen LogP contribution < -0.4 is 0 Å². The summed E-state index contributed by atoms with van der Waals surface area (Å²) in [5.74, 6) is 2.18. The summed E-state index contributed by atoms with van der Waals surface area (Å²) in [6, 6.07) is 9.89. The maximum absolute atomic E-state index is 5.47. The fourth-order valence-corrected chi connectivity index (χ4v) is 2.78. The van der Waals surface area contributed by atoms with Crippen molar-refractivity contribution in [3.05, 3.63) is 54.4 Å². The second-order valence-electron chi connectivity index (χ2n) is 5.32. The lowest BCUT2D eigenvalue weighted by atomic mass is 10.1. The van der Waals surface area contributed by atoms with Crippen LogP contribution >= 0.6 is 0 Å². The Morgan fingerprint density at radius 3 is 2.95 bits per heavy atom. The molecule has 0 saturated carbocycles. The zero-order chi connectivity index (χ0) is 14.8. The molecule has 7 heteroatoms. The standard InChI is InChI=1S/C15H16N6O/c1-2-4-13(5-3-1)21-14(17-18-19-21)10-20-8-7-16-15(20)12-6-9-22-11-12/h1-5,7-8,12H,6,9-11H2/t12-/m0/s1. The largest absolute Gasteiger partial charge is 0.381 e. The molecule has 0 amide bonds. The second kappa shape index (κ2) is 5.69. The number of hydrogen-bond acceptors (Lipinski definition) is 5. The summed E-state index contributed by atoms with van der Waals surface area (Å²) >= 11 is 0. The van der Waals surface area contributed by atoms with Crippen LogP contribution in [0.5, 0.6) is 0 Å². The molecule has 0 aliphatic carbocycles. The summed E-state index contributed by atoms with van der Waals surface area (Å²) in [4.78, 5) is 4.49. The van der Waals surface area contributed by atoms with Crippen LogP contribution in [-0.4, -0.2) is 43.0 Å². The van der Waals surface area contributed by atoms with Crippen LogP contribution in [0.2, 0.25) is 0 Å². The molecule has 0 N–H and O–H groups in total. The summed E-state index contributed by atoms with van der Waals surface area (Å²) < 4.78 is 9.33. The summed E-state index contributed by atoms with van der Waals surface area (Å²) in [6.07, 6.45) is 4.81. The molecule has 3 heterocycles. The van der Waals surface area contributed by atoms with Gasteiger partial charge in [-0.05, 0) is 29.0 Å². The lowest BCUT2D eigenvalue weighted by Crippen LogP contribution is -2.13. The number of para-hydroxylation sites is 1. The van der Waals surface area contributed by atoms with E-state index in [1.807, 2.05) is 42.7 Å². The minimum absolute atomic E-state index is 0.357. The summed E-state index contributed by atoms with van der Waals surface area (Å²) in [6.45, 7) is 2.13. The number of imidazole rings is 1. The molecule has 0 radical (unpaired) electrons. The SMILES string of the molecule is c1ccc(-n2nnnc2Cn2ccnc2[C@H]2CCOC2)cc1. The van der Waals surface area contributed by atoms with Crippen molar-refractivity contribution < 1.29 is 4.74 Å². The molecule has 22 heavy (non-hydrogen) atoms. The van der Waals surface area contributed by atoms with Gasteiger partial charge in [-0.3, -0.25) is 0 Å². The van der Waals surface area contributed by atoms with Crippen molar-refractivity contribution in [2.24, 2.45) is 0 Å². The Morgan fingerprint density at radius 2 is 2.14 bits per heavy atom. The number of hydrogen-bond donors (Lipinski definition) is 0. The smallest absolute Gasteiger partial charge is 0.176 e. The number of tetrazole rings is 1. The van der Waals surface area contributed by atoms with Crippen LogP contribution in [0.4, 0.5) is 0 Å². The first kappa shape index (κ1) is 13.1. The first-order valence-corrected chi connectivity index (χ1v) is 7.33. The van der Waals surface area contributed by atoms with Crippen LogP contribution in [0.1, 0.15) is 24.0 Å². The molecule has 1 fully saturated rings.